The highest BCUT2D eigenvalue weighted by Gasteiger charge is 2.01. The van der Waals surface area contributed by atoms with E-state index in [0.717, 1.165) is 22.3 Å². The van der Waals surface area contributed by atoms with Crippen molar-refractivity contribution in [2.24, 2.45) is 0 Å². The number of anilines is 1. The SMILES string of the molecule is Clc1ccc(NCc2cccc3cccnc23)nc1. The third-order valence-electron chi connectivity index (χ3n) is 2.90. The number of hydrogen-bond donors (Lipinski definition) is 1. The predicted molar refractivity (Wildman–Crippen MR) is 78.3 cm³/mol. The highest BCUT2D eigenvalue weighted by Crippen LogP contribution is 2.17. The minimum Gasteiger partial charge on any atom is -0.366 e. The maximum Gasteiger partial charge on any atom is 0.126 e. The number of benzene rings is 1. The zero-order valence-corrected chi connectivity index (χ0v) is 10.9. The van der Waals surface area contributed by atoms with Crippen LogP contribution in [0.2, 0.25) is 5.02 Å². The Bertz CT molecular complexity index is 690. The van der Waals surface area contributed by atoms with Gasteiger partial charge < -0.3 is 5.32 Å². The summed E-state index contributed by atoms with van der Waals surface area (Å²) in [5.41, 5.74) is 2.17. The minimum atomic E-state index is 0.636. The highest BCUT2D eigenvalue weighted by atomic mass is 35.5. The molecule has 1 N–H and O–H groups in total. The summed E-state index contributed by atoms with van der Waals surface area (Å²) in [6.07, 6.45) is 3.44. The molecule has 0 amide bonds. The van der Waals surface area contributed by atoms with Crippen LogP contribution in [0.3, 0.4) is 0 Å². The van der Waals surface area contributed by atoms with E-state index < -0.39 is 0 Å². The monoisotopic (exact) mass is 269 g/mol. The molecule has 0 saturated carbocycles. The van der Waals surface area contributed by atoms with Crippen molar-refractivity contribution in [3.63, 3.8) is 0 Å². The Balaban J connectivity index is 1.84. The highest BCUT2D eigenvalue weighted by molar-refractivity contribution is 6.30. The molecule has 0 radical (unpaired) electrons. The number of halogens is 1. The average Bonchev–Trinajstić information content (AvgIpc) is 2.47. The lowest BCUT2D eigenvalue weighted by Gasteiger charge is -2.08. The molecular formula is C15H12ClN3. The molecule has 0 atom stereocenters. The molecule has 3 aromatic rings. The van der Waals surface area contributed by atoms with Crippen molar-refractivity contribution in [3.05, 3.63) is 65.4 Å². The fourth-order valence-corrected chi connectivity index (χ4v) is 2.09. The summed E-state index contributed by atoms with van der Waals surface area (Å²) >= 11 is 5.81. The quantitative estimate of drug-likeness (QED) is 0.784. The number of nitrogens with one attached hydrogen (secondary N) is 1. The van der Waals surface area contributed by atoms with Crippen molar-refractivity contribution in [3.8, 4) is 0 Å². The number of pyridine rings is 2. The van der Waals surface area contributed by atoms with Gasteiger partial charge in [0.05, 0.1) is 10.5 Å². The van der Waals surface area contributed by atoms with Crippen LogP contribution in [-0.2, 0) is 6.54 Å². The van der Waals surface area contributed by atoms with Crippen LogP contribution >= 0.6 is 11.6 Å². The molecule has 0 saturated heterocycles. The van der Waals surface area contributed by atoms with Gasteiger partial charge in [-0.05, 0) is 23.8 Å². The molecule has 0 unspecified atom stereocenters. The summed E-state index contributed by atoms with van der Waals surface area (Å²) < 4.78 is 0. The Labute approximate surface area is 116 Å². The number of fused-ring (bicyclic) bond motifs is 1. The maximum atomic E-state index is 5.81. The molecule has 3 rings (SSSR count). The maximum absolute atomic E-state index is 5.81. The van der Waals surface area contributed by atoms with Crippen molar-refractivity contribution < 1.29 is 0 Å². The van der Waals surface area contributed by atoms with Crippen LogP contribution in [-0.4, -0.2) is 9.97 Å². The van der Waals surface area contributed by atoms with Gasteiger partial charge in [0.25, 0.3) is 0 Å². The molecule has 1 aromatic carbocycles. The van der Waals surface area contributed by atoms with E-state index in [4.69, 9.17) is 11.6 Å². The van der Waals surface area contributed by atoms with E-state index >= 15 is 0 Å². The van der Waals surface area contributed by atoms with Gasteiger partial charge in [-0.3, -0.25) is 4.98 Å². The molecule has 94 valence electrons. The first-order valence-electron chi connectivity index (χ1n) is 6.01. The third-order valence-corrected chi connectivity index (χ3v) is 3.13. The molecule has 0 aliphatic rings. The summed E-state index contributed by atoms with van der Waals surface area (Å²) in [5, 5.41) is 5.05. The Kier molecular flexibility index (Phi) is 3.29. The first kappa shape index (κ1) is 11.9. The second-order valence-corrected chi connectivity index (χ2v) is 4.64. The molecule has 3 nitrogen and oxygen atoms in total. The van der Waals surface area contributed by atoms with E-state index in [2.05, 4.69) is 33.5 Å². The van der Waals surface area contributed by atoms with Gasteiger partial charge in [0, 0.05) is 24.3 Å². The van der Waals surface area contributed by atoms with Crippen LogP contribution in [0.5, 0.6) is 0 Å². The van der Waals surface area contributed by atoms with Gasteiger partial charge >= 0.3 is 0 Å². The fourth-order valence-electron chi connectivity index (χ4n) is 1.98. The molecule has 0 bridgehead atoms. The Morgan fingerprint density at radius 2 is 1.89 bits per heavy atom. The van der Waals surface area contributed by atoms with Crippen LogP contribution < -0.4 is 5.32 Å². The van der Waals surface area contributed by atoms with E-state index in [0.29, 0.717) is 11.6 Å². The molecule has 0 fully saturated rings. The number of hydrogen-bond acceptors (Lipinski definition) is 3. The van der Waals surface area contributed by atoms with E-state index in [1.54, 1.807) is 6.20 Å². The second kappa shape index (κ2) is 5.24. The van der Waals surface area contributed by atoms with E-state index in [1.165, 1.54) is 0 Å². The molecule has 0 aliphatic carbocycles. The van der Waals surface area contributed by atoms with Gasteiger partial charge in [0.1, 0.15) is 5.82 Å². The smallest absolute Gasteiger partial charge is 0.126 e. The van der Waals surface area contributed by atoms with E-state index in [1.807, 2.05) is 30.5 Å². The predicted octanol–water partition coefficient (Wildman–Crippen LogP) is 3.90. The molecule has 0 spiro atoms. The summed E-state index contributed by atoms with van der Waals surface area (Å²) in [6.45, 7) is 0.684. The number of aromatic nitrogens is 2. The van der Waals surface area contributed by atoms with Crippen LogP contribution in [0.15, 0.2) is 54.9 Å². The third kappa shape index (κ3) is 2.66. The van der Waals surface area contributed by atoms with Gasteiger partial charge in [0.2, 0.25) is 0 Å². The van der Waals surface area contributed by atoms with Crippen LogP contribution in [0, 0.1) is 0 Å². The molecule has 19 heavy (non-hydrogen) atoms. The largest absolute Gasteiger partial charge is 0.366 e. The average molecular weight is 270 g/mol. The number of para-hydroxylation sites is 1. The van der Waals surface area contributed by atoms with Gasteiger partial charge in [0.15, 0.2) is 0 Å². The molecule has 2 heterocycles. The van der Waals surface area contributed by atoms with Crippen molar-refractivity contribution in [2.75, 3.05) is 5.32 Å². The van der Waals surface area contributed by atoms with Gasteiger partial charge in [-0.1, -0.05) is 35.9 Å². The second-order valence-electron chi connectivity index (χ2n) is 4.21. The Morgan fingerprint density at radius 1 is 1.00 bits per heavy atom. The molecule has 0 aliphatic heterocycles. The zero-order chi connectivity index (χ0) is 13.1. The lowest BCUT2D eigenvalue weighted by atomic mass is 10.1. The van der Waals surface area contributed by atoms with E-state index in [-0.39, 0.29) is 0 Å². The summed E-state index contributed by atoms with van der Waals surface area (Å²) in [7, 11) is 0. The minimum absolute atomic E-state index is 0.636. The van der Waals surface area contributed by atoms with E-state index in [9.17, 15) is 0 Å². The van der Waals surface area contributed by atoms with Crippen molar-refractivity contribution >= 4 is 28.3 Å². The standard InChI is InChI=1S/C15H12ClN3/c16-13-6-7-14(19-10-13)18-9-12-4-1-3-11-5-2-8-17-15(11)12/h1-8,10H,9H2,(H,18,19). The van der Waals surface area contributed by atoms with Crippen molar-refractivity contribution in [2.45, 2.75) is 6.54 Å². The molecule has 4 heteroatoms. The van der Waals surface area contributed by atoms with Gasteiger partial charge in [-0.15, -0.1) is 0 Å². The van der Waals surface area contributed by atoms with Crippen molar-refractivity contribution in [1.29, 1.82) is 0 Å². The van der Waals surface area contributed by atoms with Crippen molar-refractivity contribution in [1.82, 2.24) is 9.97 Å². The Hall–Kier alpha value is -2.13. The first-order valence-corrected chi connectivity index (χ1v) is 6.39. The first-order chi connectivity index (χ1) is 9.33. The van der Waals surface area contributed by atoms with Gasteiger partial charge in [-0.25, -0.2) is 4.98 Å². The summed E-state index contributed by atoms with van der Waals surface area (Å²) in [4.78, 5) is 8.64. The molecule has 2 aromatic heterocycles. The number of rotatable bonds is 3. The normalized spacial score (nSPS) is 10.6. The number of nitrogens with zero attached hydrogens (tertiary/aromatic N) is 2. The van der Waals surface area contributed by atoms with Crippen LogP contribution in [0.25, 0.3) is 10.9 Å². The summed E-state index contributed by atoms with van der Waals surface area (Å²) in [6, 6.07) is 13.9. The van der Waals surface area contributed by atoms with Crippen LogP contribution in [0.1, 0.15) is 5.56 Å². The summed E-state index contributed by atoms with van der Waals surface area (Å²) in [5.74, 6) is 0.803. The van der Waals surface area contributed by atoms with Crippen LogP contribution in [0.4, 0.5) is 5.82 Å². The fraction of sp³-hybridized carbons (Fsp3) is 0.0667. The Morgan fingerprint density at radius 3 is 2.74 bits per heavy atom. The zero-order valence-electron chi connectivity index (χ0n) is 10.2. The van der Waals surface area contributed by atoms with Gasteiger partial charge in [-0.2, -0.15) is 0 Å². The topological polar surface area (TPSA) is 37.8 Å². The lowest BCUT2D eigenvalue weighted by Crippen LogP contribution is -2.02. The molecular weight excluding hydrogens is 258 g/mol. The lowest BCUT2D eigenvalue weighted by molar-refractivity contribution is 1.12.